The maximum Gasteiger partial charge on any atom is 0.445 e. The van der Waals surface area contributed by atoms with Crippen molar-refractivity contribution in [3.63, 3.8) is 0 Å². The number of carbonyl (C=O) groups is 3. The molecule has 0 aromatic rings. The summed E-state index contributed by atoms with van der Waals surface area (Å²) < 4.78 is 1.38. The standard InChI is InChI=1S/C21H29N4O3/c1-23-18-17(20(27)24(2)21(23)28)12-15(13-22-18)19(26)25-10-6-9-16(25)11-14-7-4-3-5-8-14/h12-14,16-17H,3-11H2,1-2H3/q+1. The van der Waals surface area contributed by atoms with Crippen LogP contribution in [0.5, 0.6) is 0 Å². The maximum absolute atomic E-state index is 13.2. The van der Waals surface area contributed by atoms with Crippen molar-refractivity contribution in [1.82, 2.24) is 9.80 Å². The first-order valence-electron chi connectivity index (χ1n) is 10.5. The van der Waals surface area contributed by atoms with E-state index in [-0.39, 0.29) is 11.8 Å². The Morgan fingerprint density at radius 2 is 1.93 bits per heavy atom. The predicted molar refractivity (Wildman–Crippen MR) is 105 cm³/mol. The molecule has 2 fully saturated rings. The van der Waals surface area contributed by atoms with Crippen molar-refractivity contribution in [2.24, 2.45) is 16.8 Å². The highest BCUT2D eigenvalue weighted by atomic mass is 16.2. The lowest BCUT2D eigenvalue weighted by molar-refractivity contribution is -0.407. The summed E-state index contributed by atoms with van der Waals surface area (Å²) in [4.78, 5) is 45.2. The highest BCUT2D eigenvalue weighted by Crippen LogP contribution is 2.33. The van der Waals surface area contributed by atoms with Gasteiger partial charge in [-0.05, 0) is 31.3 Å². The average Bonchev–Trinajstić information content (AvgIpc) is 3.18. The number of nitrogens with zero attached hydrogens (tertiary/aromatic N) is 4. The van der Waals surface area contributed by atoms with Crippen molar-refractivity contribution < 1.29 is 19.0 Å². The van der Waals surface area contributed by atoms with Crippen LogP contribution in [0.15, 0.2) is 16.6 Å². The second kappa shape index (κ2) is 7.60. The summed E-state index contributed by atoms with van der Waals surface area (Å²) in [6, 6.07) is -0.104. The Kier molecular flexibility index (Phi) is 5.17. The zero-order chi connectivity index (χ0) is 19.8. The Morgan fingerprint density at radius 3 is 2.68 bits per heavy atom. The number of hydrogen-bond donors (Lipinski definition) is 0. The Bertz CT molecular complexity index is 791. The lowest BCUT2D eigenvalue weighted by Crippen LogP contribution is -2.52. The number of fused-ring (bicyclic) bond motifs is 1. The Labute approximate surface area is 165 Å². The van der Waals surface area contributed by atoms with Crippen molar-refractivity contribution in [3.05, 3.63) is 11.6 Å². The number of amidine groups is 1. The van der Waals surface area contributed by atoms with E-state index < -0.39 is 11.9 Å². The molecule has 1 saturated carbocycles. The number of likely N-dealkylation sites (tertiary alicyclic amines) is 1. The number of carbonyl (C=O) groups excluding carboxylic acids is 3. The number of hydrogen-bond acceptors (Lipinski definition) is 4. The average molecular weight is 385 g/mol. The first kappa shape index (κ1) is 19.0. The molecule has 1 saturated heterocycles. The third-order valence-electron chi connectivity index (χ3n) is 6.69. The number of rotatable bonds is 3. The van der Waals surface area contributed by atoms with Gasteiger partial charge in [-0.2, -0.15) is 9.48 Å². The Balaban J connectivity index is 1.52. The van der Waals surface area contributed by atoms with Crippen molar-refractivity contribution in [2.75, 3.05) is 20.6 Å². The minimum Gasteiger partial charge on any atom is -0.336 e. The summed E-state index contributed by atoms with van der Waals surface area (Å²) in [6.07, 6.45) is 12.9. The lowest BCUT2D eigenvalue weighted by Gasteiger charge is -2.31. The summed E-state index contributed by atoms with van der Waals surface area (Å²) >= 11 is 0. The molecule has 2 atom stereocenters. The largest absolute Gasteiger partial charge is 0.445 e. The van der Waals surface area contributed by atoms with E-state index in [2.05, 4.69) is 4.99 Å². The van der Waals surface area contributed by atoms with Crippen LogP contribution in [0.1, 0.15) is 51.4 Å². The third kappa shape index (κ3) is 3.31. The maximum atomic E-state index is 13.2. The smallest absolute Gasteiger partial charge is 0.336 e. The van der Waals surface area contributed by atoms with Crippen LogP contribution in [0, 0.1) is 11.8 Å². The Hall–Kier alpha value is -2.31. The molecule has 7 heteroatoms. The summed E-state index contributed by atoms with van der Waals surface area (Å²) in [5, 5.41) is 0. The van der Waals surface area contributed by atoms with Gasteiger partial charge in [0.25, 0.3) is 11.7 Å². The summed E-state index contributed by atoms with van der Waals surface area (Å²) in [5.74, 6) is 0.0896. The molecule has 4 aliphatic rings. The van der Waals surface area contributed by atoms with Gasteiger partial charge in [-0.3, -0.25) is 9.59 Å². The van der Waals surface area contributed by atoms with Crippen LogP contribution >= 0.6 is 0 Å². The van der Waals surface area contributed by atoms with E-state index in [1.54, 1.807) is 13.1 Å². The second-order valence-electron chi connectivity index (χ2n) is 8.49. The van der Waals surface area contributed by atoms with Crippen LogP contribution in [0.2, 0.25) is 0 Å². The van der Waals surface area contributed by atoms with E-state index in [0.717, 1.165) is 36.6 Å². The van der Waals surface area contributed by atoms with Crippen molar-refractivity contribution >= 4 is 29.9 Å². The highest BCUT2D eigenvalue weighted by Gasteiger charge is 2.45. The number of urea groups is 1. The van der Waals surface area contributed by atoms with Crippen molar-refractivity contribution in [1.29, 1.82) is 0 Å². The fourth-order valence-corrected chi connectivity index (χ4v) is 5.06. The van der Waals surface area contributed by atoms with E-state index in [1.165, 1.54) is 49.9 Å². The van der Waals surface area contributed by atoms with Gasteiger partial charge < -0.3 is 4.90 Å². The molecule has 0 N–H and O–H groups in total. The number of aliphatic imine (C=N–C) groups is 1. The van der Waals surface area contributed by atoms with E-state index in [1.807, 2.05) is 4.90 Å². The van der Waals surface area contributed by atoms with Crippen LogP contribution in [0.25, 0.3) is 0 Å². The molecule has 0 radical (unpaired) electrons. The minimum atomic E-state index is -0.670. The monoisotopic (exact) mass is 385 g/mol. The molecule has 1 aliphatic carbocycles. The normalized spacial score (nSPS) is 28.7. The fourth-order valence-electron chi connectivity index (χ4n) is 5.06. The quantitative estimate of drug-likeness (QED) is 0.699. The van der Waals surface area contributed by atoms with Gasteiger partial charge in [0.05, 0.1) is 19.7 Å². The summed E-state index contributed by atoms with van der Waals surface area (Å²) in [5.41, 5.74) is 0.466. The molecule has 0 aromatic carbocycles. The molecule has 150 valence electrons. The molecular formula is C21H29N4O3+. The first-order chi connectivity index (χ1) is 13.5. The zero-order valence-corrected chi connectivity index (χ0v) is 16.8. The molecular weight excluding hydrogens is 356 g/mol. The topological polar surface area (TPSA) is 73.1 Å². The molecule has 3 aliphatic heterocycles. The number of imide groups is 1. The van der Waals surface area contributed by atoms with Crippen LogP contribution in [0.3, 0.4) is 0 Å². The van der Waals surface area contributed by atoms with Gasteiger partial charge in [0.2, 0.25) is 0 Å². The van der Waals surface area contributed by atoms with Gasteiger partial charge in [-0.15, -0.1) is 4.99 Å². The van der Waals surface area contributed by atoms with Crippen LogP contribution in [-0.4, -0.2) is 71.0 Å². The predicted octanol–water partition coefficient (Wildman–Crippen LogP) is 2.21. The number of amides is 4. The molecule has 7 nitrogen and oxygen atoms in total. The molecule has 28 heavy (non-hydrogen) atoms. The van der Waals surface area contributed by atoms with Gasteiger partial charge in [0.1, 0.15) is 6.21 Å². The van der Waals surface area contributed by atoms with Gasteiger partial charge in [-0.25, -0.2) is 4.79 Å². The van der Waals surface area contributed by atoms with Gasteiger partial charge >= 0.3 is 11.9 Å². The van der Waals surface area contributed by atoms with E-state index in [4.69, 9.17) is 0 Å². The second-order valence-corrected chi connectivity index (χ2v) is 8.49. The molecule has 0 aromatic heterocycles. The van der Waals surface area contributed by atoms with E-state index in [9.17, 15) is 14.4 Å². The number of dihydropyridines is 1. The summed E-state index contributed by atoms with van der Waals surface area (Å²) in [6.45, 7) is 0.773. The first-order valence-corrected chi connectivity index (χ1v) is 10.5. The van der Waals surface area contributed by atoms with Gasteiger partial charge in [0, 0.05) is 12.6 Å². The molecule has 0 bridgehead atoms. The van der Waals surface area contributed by atoms with Crippen molar-refractivity contribution in [3.8, 4) is 0 Å². The SMILES string of the molecule is CN1C(=O)C2C=C(C(=O)N3CCCC3CC3CCCCC3)C=NC2=[N+](C)C1=O. The van der Waals surface area contributed by atoms with Crippen molar-refractivity contribution in [2.45, 2.75) is 57.4 Å². The van der Waals surface area contributed by atoms with Gasteiger partial charge in [-0.1, -0.05) is 32.1 Å². The van der Waals surface area contributed by atoms with Crippen LogP contribution < -0.4 is 0 Å². The summed E-state index contributed by atoms with van der Waals surface area (Å²) in [7, 11) is 3.07. The van der Waals surface area contributed by atoms with Gasteiger partial charge in [0.15, 0.2) is 5.92 Å². The minimum absolute atomic E-state index is 0.0314. The Morgan fingerprint density at radius 1 is 1.18 bits per heavy atom. The molecule has 3 heterocycles. The highest BCUT2D eigenvalue weighted by molar-refractivity contribution is 6.21. The third-order valence-corrected chi connectivity index (χ3v) is 6.69. The molecule has 4 rings (SSSR count). The molecule has 2 unspecified atom stereocenters. The van der Waals surface area contributed by atoms with E-state index in [0.29, 0.717) is 17.5 Å². The lowest BCUT2D eigenvalue weighted by atomic mass is 9.84. The van der Waals surface area contributed by atoms with Crippen LogP contribution in [-0.2, 0) is 9.59 Å². The van der Waals surface area contributed by atoms with Crippen LogP contribution in [0.4, 0.5) is 4.79 Å². The fraction of sp³-hybridized carbons (Fsp3) is 0.667. The molecule has 4 amide bonds. The molecule has 0 spiro atoms. The van der Waals surface area contributed by atoms with E-state index >= 15 is 0 Å². The zero-order valence-electron chi connectivity index (χ0n) is 16.8.